The Labute approximate surface area is 168 Å². The lowest BCUT2D eigenvalue weighted by atomic mass is 10.2. The van der Waals surface area contributed by atoms with Crippen LogP contribution in [0.5, 0.6) is 0 Å². The minimum atomic E-state index is -1.05. The molecule has 0 aromatic carbocycles. The number of aromatic nitrogens is 4. The molecule has 10 nitrogen and oxygen atoms in total. The van der Waals surface area contributed by atoms with Crippen molar-refractivity contribution in [1.82, 2.24) is 24.8 Å². The van der Waals surface area contributed by atoms with Gasteiger partial charge in [0.15, 0.2) is 11.5 Å². The van der Waals surface area contributed by atoms with E-state index in [4.69, 9.17) is 4.74 Å². The van der Waals surface area contributed by atoms with Crippen molar-refractivity contribution >= 4 is 22.9 Å². The Morgan fingerprint density at radius 3 is 2.83 bits per heavy atom. The molecule has 6 atom stereocenters. The molecule has 4 N–H and O–H groups in total. The molecule has 0 spiro atoms. The third-order valence-corrected chi connectivity index (χ3v) is 6.11. The van der Waals surface area contributed by atoms with Crippen molar-refractivity contribution in [2.45, 2.75) is 75.5 Å². The third kappa shape index (κ3) is 3.67. The molecule has 2 aromatic rings. The molecule has 2 saturated carbocycles. The molecule has 1 unspecified atom stereocenters. The van der Waals surface area contributed by atoms with Crippen LogP contribution in [0.15, 0.2) is 12.7 Å². The Kier molecular flexibility index (Phi) is 5.66. The number of nitrogens with zero attached hydrogens (tertiary/aromatic N) is 4. The average molecular weight is 404 g/mol. The summed E-state index contributed by atoms with van der Waals surface area (Å²) in [4.78, 5) is 24.9. The lowest BCUT2D eigenvalue weighted by Gasteiger charge is -2.20. The van der Waals surface area contributed by atoms with Crippen molar-refractivity contribution in [3.8, 4) is 0 Å². The van der Waals surface area contributed by atoms with Gasteiger partial charge in [-0.3, -0.25) is 4.79 Å². The molecule has 2 aliphatic carbocycles. The van der Waals surface area contributed by atoms with Gasteiger partial charge in [-0.1, -0.05) is 6.92 Å². The molecule has 1 amide bonds. The number of nitrogens with one attached hydrogen (secondary N) is 2. The van der Waals surface area contributed by atoms with Crippen LogP contribution in [-0.4, -0.2) is 73.1 Å². The van der Waals surface area contributed by atoms with E-state index in [0.717, 1.165) is 19.3 Å². The summed E-state index contributed by atoms with van der Waals surface area (Å²) in [6.45, 7) is 1.75. The summed E-state index contributed by atoms with van der Waals surface area (Å²) < 4.78 is 7.31. The highest BCUT2D eigenvalue weighted by molar-refractivity contribution is 5.83. The lowest BCUT2D eigenvalue weighted by molar-refractivity contribution is -0.122. The van der Waals surface area contributed by atoms with Gasteiger partial charge in [0, 0.05) is 13.5 Å². The van der Waals surface area contributed by atoms with Gasteiger partial charge in [0.05, 0.1) is 30.6 Å². The van der Waals surface area contributed by atoms with Gasteiger partial charge in [0.25, 0.3) is 0 Å². The number of rotatable bonds is 6. The van der Waals surface area contributed by atoms with Crippen molar-refractivity contribution in [2.24, 2.45) is 0 Å². The maximum absolute atomic E-state index is 11.7. The molecule has 2 fully saturated rings. The van der Waals surface area contributed by atoms with E-state index in [2.05, 4.69) is 25.6 Å². The van der Waals surface area contributed by atoms with Crippen LogP contribution in [0.1, 0.15) is 45.1 Å². The van der Waals surface area contributed by atoms with Gasteiger partial charge in [0.1, 0.15) is 24.1 Å². The fourth-order valence-corrected chi connectivity index (χ4v) is 4.49. The van der Waals surface area contributed by atoms with Gasteiger partial charge < -0.3 is 30.2 Å². The highest BCUT2D eigenvalue weighted by Gasteiger charge is 2.43. The third-order valence-electron chi connectivity index (χ3n) is 6.11. The van der Waals surface area contributed by atoms with Crippen LogP contribution in [0.2, 0.25) is 0 Å². The maximum atomic E-state index is 11.7. The molecule has 10 heteroatoms. The second-order valence-corrected chi connectivity index (χ2v) is 7.81. The largest absolute Gasteiger partial charge is 0.388 e. The number of carbonyl (C=O) groups is 1. The first-order valence-corrected chi connectivity index (χ1v) is 10.2. The van der Waals surface area contributed by atoms with Crippen LogP contribution in [0.3, 0.4) is 0 Å². The molecule has 0 saturated heterocycles. The second kappa shape index (κ2) is 8.21. The van der Waals surface area contributed by atoms with Gasteiger partial charge in [-0.25, -0.2) is 15.0 Å². The molecule has 0 aliphatic heterocycles. The quantitative estimate of drug-likeness (QED) is 0.542. The molecule has 0 radical (unpaired) electrons. The Hall–Kier alpha value is -2.30. The van der Waals surface area contributed by atoms with Crippen LogP contribution in [0.25, 0.3) is 11.2 Å². The maximum Gasteiger partial charge on any atom is 0.220 e. The van der Waals surface area contributed by atoms with Crippen molar-refractivity contribution in [3.63, 3.8) is 0 Å². The van der Waals surface area contributed by atoms with E-state index in [-0.39, 0.29) is 18.1 Å². The summed E-state index contributed by atoms with van der Waals surface area (Å²) in [6, 6.07) is -0.797. The van der Waals surface area contributed by atoms with Crippen molar-refractivity contribution in [3.05, 3.63) is 12.7 Å². The molecule has 4 rings (SSSR count). The number of hydrogen-bond donors (Lipinski definition) is 4. The highest BCUT2D eigenvalue weighted by atomic mass is 16.5. The van der Waals surface area contributed by atoms with E-state index in [0.29, 0.717) is 29.8 Å². The number of methoxy groups -OCH3 is 1. The minimum absolute atomic E-state index is 0.136. The number of aliphatic hydroxyl groups is 2. The number of hydrogen-bond acceptors (Lipinski definition) is 8. The zero-order chi connectivity index (χ0) is 20.5. The van der Waals surface area contributed by atoms with Crippen molar-refractivity contribution in [2.75, 3.05) is 12.4 Å². The Bertz CT molecular complexity index is 874. The highest BCUT2D eigenvalue weighted by Crippen LogP contribution is 2.34. The van der Waals surface area contributed by atoms with Gasteiger partial charge in [-0.15, -0.1) is 0 Å². The van der Waals surface area contributed by atoms with Gasteiger partial charge in [-0.2, -0.15) is 0 Å². The molecule has 158 valence electrons. The topological polar surface area (TPSA) is 134 Å². The molecular weight excluding hydrogens is 376 g/mol. The first kappa shape index (κ1) is 20.0. The van der Waals surface area contributed by atoms with E-state index in [9.17, 15) is 15.0 Å². The molecule has 2 heterocycles. The molecule has 29 heavy (non-hydrogen) atoms. The zero-order valence-electron chi connectivity index (χ0n) is 16.7. The SMILES string of the molecule is CCC(=O)N[C@H]1C[C@@H](n2cnc3c(N[C@H]4CCCC4OC)ncnc32)[C@H](O)[C@@H]1O. The second-order valence-electron chi connectivity index (χ2n) is 7.81. The fraction of sp³-hybridized carbons (Fsp3) is 0.684. The zero-order valence-corrected chi connectivity index (χ0v) is 16.7. The predicted octanol–water partition coefficient (Wildman–Crippen LogP) is 0.367. The van der Waals surface area contributed by atoms with Crippen LogP contribution >= 0.6 is 0 Å². The molecule has 2 aromatic heterocycles. The number of fused-ring (bicyclic) bond motifs is 1. The Balaban J connectivity index is 1.58. The standard InChI is InChI=1S/C19H28N6O4/c1-3-14(26)23-11-7-12(17(28)16(11)27)25-9-22-15-18(20-8-21-19(15)25)24-10-5-4-6-13(10)29-2/h8-13,16-17,27-28H,3-7H2,1-2H3,(H,23,26)(H,20,21,24)/t10-,11-,12+,13?,16+,17-/m0/s1. The van der Waals surface area contributed by atoms with E-state index < -0.39 is 24.3 Å². The fourth-order valence-electron chi connectivity index (χ4n) is 4.49. The van der Waals surface area contributed by atoms with Crippen LogP contribution in [-0.2, 0) is 9.53 Å². The van der Waals surface area contributed by atoms with Crippen molar-refractivity contribution in [1.29, 1.82) is 0 Å². The van der Waals surface area contributed by atoms with E-state index in [1.807, 2.05) is 0 Å². The van der Waals surface area contributed by atoms with Crippen LogP contribution in [0.4, 0.5) is 5.82 Å². The van der Waals surface area contributed by atoms with E-state index in [1.165, 1.54) is 6.33 Å². The smallest absolute Gasteiger partial charge is 0.220 e. The monoisotopic (exact) mass is 404 g/mol. The summed E-state index contributed by atoms with van der Waals surface area (Å²) in [7, 11) is 1.72. The Morgan fingerprint density at radius 1 is 1.24 bits per heavy atom. The van der Waals surface area contributed by atoms with Gasteiger partial charge >= 0.3 is 0 Å². The number of anilines is 1. The first-order chi connectivity index (χ1) is 14.0. The number of carbonyl (C=O) groups excluding carboxylic acids is 1. The number of ether oxygens (including phenoxy) is 1. The normalized spacial score (nSPS) is 32.0. The minimum Gasteiger partial charge on any atom is -0.388 e. The number of aliphatic hydroxyl groups excluding tert-OH is 2. The number of imidazole rings is 1. The molecule has 2 aliphatic rings. The Morgan fingerprint density at radius 2 is 2.07 bits per heavy atom. The number of amides is 1. The van der Waals surface area contributed by atoms with E-state index in [1.54, 1.807) is 24.9 Å². The van der Waals surface area contributed by atoms with E-state index >= 15 is 0 Å². The van der Waals surface area contributed by atoms with Crippen molar-refractivity contribution < 1.29 is 19.7 Å². The first-order valence-electron chi connectivity index (χ1n) is 10.2. The van der Waals surface area contributed by atoms with Crippen LogP contribution in [0, 0.1) is 0 Å². The summed E-state index contributed by atoms with van der Waals surface area (Å²) in [6.07, 6.45) is 4.94. The molecule has 0 bridgehead atoms. The van der Waals surface area contributed by atoms with Gasteiger partial charge in [-0.05, 0) is 25.7 Å². The van der Waals surface area contributed by atoms with Crippen LogP contribution < -0.4 is 10.6 Å². The lowest BCUT2D eigenvalue weighted by Crippen LogP contribution is -2.42. The summed E-state index contributed by atoms with van der Waals surface area (Å²) in [5.41, 5.74) is 1.19. The summed E-state index contributed by atoms with van der Waals surface area (Å²) >= 11 is 0. The van der Waals surface area contributed by atoms with Gasteiger partial charge in [0.2, 0.25) is 5.91 Å². The summed E-state index contributed by atoms with van der Waals surface area (Å²) in [5, 5.41) is 27.2. The summed E-state index contributed by atoms with van der Waals surface area (Å²) in [5.74, 6) is 0.474. The predicted molar refractivity (Wildman–Crippen MR) is 105 cm³/mol. The molecular formula is C19H28N6O4. The average Bonchev–Trinajstić information content (AvgIpc) is 3.42.